The third-order valence-electron chi connectivity index (χ3n) is 1.91. The molecule has 2 heterocycles. The molecule has 0 aromatic carbocycles. The van der Waals surface area contributed by atoms with Crippen molar-refractivity contribution in [2.45, 2.75) is 22.5 Å². The summed E-state index contributed by atoms with van der Waals surface area (Å²) >= 11 is 2.31. The SMILES string of the molecule is CNc1cc(Sc2nnc(C)s2)nc(C(F)(F)F)n1. The van der Waals surface area contributed by atoms with E-state index in [1.807, 2.05) is 0 Å². The van der Waals surface area contributed by atoms with E-state index in [0.717, 1.165) is 16.8 Å². The monoisotopic (exact) mass is 307 g/mol. The van der Waals surface area contributed by atoms with Crippen molar-refractivity contribution in [3.05, 3.63) is 16.9 Å². The topological polar surface area (TPSA) is 63.6 Å². The van der Waals surface area contributed by atoms with Crippen molar-refractivity contribution >= 4 is 28.9 Å². The van der Waals surface area contributed by atoms with E-state index in [4.69, 9.17) is 0 Å². The molecule has 2 aromatic heterocycles. The van der Waals surface area contributed by atoms with Gasteiger partial charge in [0.25, 0.3) is 0 Å². The molecule has 5 nitrogen and oxygen atoms in total. The first-order valence-electron chi connectivity index (χ1n) is 5.00. The summed E-state index contributed by atoms with van der Waals surface area (Å²) in [6.07, 6.45) is -4.58. The number of nitrogens with one attached hydrogen (secondary N) is 1. The van der Waals surface area contributed by atoms with Gasteiger partial charge in [-0.05, 0) is 18.7 Å². The Labute approximate surface area is 114 Å². The molecule has 0 fully saturated rings. The zero-order valence-corrected chi connectivity index (χ0v) is 11.4. The van der Waals surface area contributed by atoms with Crippen LogP contribution in [0.1, 0.15) is 10.8 Å². The summed E-state index contributed by atoms with van der Waals surface area (Å²) in [6, 6.07) is 1.43. The van der Waals surface area contributed by atoms with Gasteiger partial charge >= 0.3 is 6.18 Å². The van der Waals surface area contributed by atoms with Crippen LogP contribution in [-0.2, 0) is 6.18 Å². The number of alkyl halides is 3. The van der Waals surface area contributed by atoms with Crippen LogP contribution < -0.4 is 5.32 Å². The van der Waals surface area contributed by atoms with Gasteiger partial charge in [0.05, 0.1) is 0 Å². The Morgan fingerprint density at radius 3 is 2.53 bits per heavy atom. The number of nitrogens with zero attached hydrogens (tertiary/aromatic N) is 4. The van der Waals surface area contributed by atoms with Gasteiger partial charge in [-0.1, -0.05) is 11.3 Å². The number of aromatic nitrogens is 4. The Balaban J connectivity index is 2.34. The first-order valence-corrected chi connectivity index (χ1v) is 6.64. The van der Waals surface area contributed by atoms with E-state index in [1.54, 1.807) is 6.92 Å². The summed E-state index contributed by atoms with van der Waals surface area (Å²) < 4.78 is 38.5. The largest absolute Gasteiger partial charge is 0.451 e. The third-order valence-corrected chi connectivity index (χ3v) is 3.72. The van der Waals surface area contributed by atoms with Gasteiger partial charge in [-0.15, -0.1) is 10.2 Å². The second kappa shape index (κ2) is 5.29. The summed E-state index contributed by atoms with van der Waals surface area (Å²) in [5, 5.41) is 11.1. The zero-order valence-electron chi connectivity index (χ0n) is 9.82. The third kappa shape index (κ3) is 3.53. The molecule has 0 bridgehead atoms. The van der Waals surface area contributed by atoms with Gasteiger partial charge in [0.1, 0.15) is 15.9 Å². The molecule has 0 aliphatic carbocycles. The second-order valence-electron chi connectivity index (χ2n) is 3.35. The minimum atomic E-state index is -4.58. The van der Waals surface area contributed by atoms with E-state index in [9.17, 15) is 13.2 Å². The van der Waals surface area contributed by atoms with Crippen LogP contribution in [0.3, 0.4) is 0 Å². The molecular weight excluding hydrogens is 299 g/mol. The molecule has 19 heavy (non-hydrogen) atoms. The molecule has 2 aromatic rings. The number of halogens is 3. The summed E-state index contributed by atoms with van der Waals surface area (Å²) in [7, 11) is 1.49. The smallest absolute Gasteiger partial charge is 0.373 e. The highest BCUT2D eigenvalue weighted by molar-refractivity contribution is 8.01. The van der Waals surface area contributed by atoms with Crippen LogP contribution in [0, 0.1) is 6.92 Å². The highest BCUT2D eigenvalue weighted by Crippen LogP contribution is 2.33. The maximum Gasteiger partial charge on any atom is 0.451 e. The number of rotatable bonds is 3. The first kappa shape index (κ1) is 14.0. The van der Waals surface area contributed by atoms with Crippen molar-refractivity contribution in [3.63, 3.8) is 0 Å². The van der Waals surface area contributed by atoms with E-state index in [0.29, 0.717) is 4.34 Å². The Hall–Kier alpha value is -1.42. The van der Waals surface area contributed by atoms with Crippen molar-refractivity contribution in [1.29, 1.82) is 0 Å². The molecule has 0 aliphatic rings. The van der Waals surface area contributed by atoms with Crippen LogP contribution in [0.2, 0.25) is 0 Å². The van der Waals surface area contributed by atoms with Crippen molar-refractivity contribution in [3.8, 4) is 0 Å². The fourth-order valence-electron chi connectivity index (χ4n) is 1.14. The molecule has 0 amide bonds. The van der Waals surface area contributed by atoms with Gasteiger partial charge in [-0.3, -0.25) is 0 Å². The van der Waals surface area contributed by atoms with Gasteiger partial charge in [0.2, 0.25) is 5.82 Å². The van der Waals surface area contributed by atoms with Crippen molar-refractivity contribution in [1.82, 2.24) is 20.2 Å². The molecule has 0 saturated carbocycles. The van der Waals surface area contributed by atoms with Gasteiger partial charge < -0.3 is 5.32 Å². The Bertz CT molecular complexity index is 583. The molecule has 0 spiro atoms. The maximum atomic E-state index is 12.6. The lowest BCUT2D eigenvalue weighted by molar-refractivity contribution is -0.145. The second-order valence-corrected chi connectivity index (χ2v) is 5.80. The number of aryl methyl sites for hydroxylation is 1. The predicted octanol–water partition coefficient (Wildman–Crippen LogP) is 2.85. The summed E-state index contributed by atoms with van der Waals surface area (Å²) in [5.41, 5.74) is 0. The Morgan fingerprint density at radius 1 is 1.26 bits per heavy atom. The van der Waals surface area contributed by atoms with Crippen LogP contribution in [0.5, 0.6) is 0 Å². The zero-order chi connectivity index (χ0) is 14.0. The van der Waals surface area contributed by atoms with Gasteiger partial charge in [0.15, 0.2) is 4.34 Å². The molecule has 0 radical (unpaired) electrons. The van der Waals surface area contributed by atoms with Crippen LogP contribution in [0.25, 0.3) is 0 Å². The minimum Gasteiger partial charge on any atom is -0.373 e. The average molecular weight is 307 g/mol. The average Bonchev–Trinajstić information content (AvgIpc) is 2.73. The quantitative estimate of drug-likeness (QED) is 0.880. The highest BCUT2D eigenvalue weighted by Gasteiger charge is 2.35. The summed E-state index contributed by atoms with van der Waals surface area (Å²) in [5.74, 6) is -1.07. The molecule has 102 valence electrons. The molecule has 0 aliphatic heterocycles. The standard InChI is InChI=1S/C9H8F3N5S2/c1-4-16-17-8(18-4)19-6-3-5(13-2)14-7(15-6)9(10,11)12/h3H,1-2H3,(H,13,14,15). The first-order chi connectivity index (χ1) is 8.88. The van der Waals surface area contributed by atoms with Crippen molar-refractivity contribution in [2.24, 2.45) is 0 Å². The van der Waals surface area contributed by atoms with Crippen molar-refractivity contribution < 1.29 is 13.2 Å². The van der Waals surface area contributed by atoms with E-state index in [1.165, 1.54) is 24.5 Å². The fraction of sp³-hybridized carbons (Fsp3) is 0.333. The van der Waals surface area contributed by atoms with Crippen molar-refractivity contribution in [2.75, 3.05) is 12.4 Å². The number of anilines is 1. The lowest BCUT2D eigenvalue weighted by Gasteiger charge is -2.08. The molecular formula is C9H8F3N5S2. The number of hydrogen-bond acceptors (Lipinski definition) is 7. The minimum absolute atomic E-state index is 0.103. The molecule has 10 heteroatoms. The normalized spacial score (nSPS) is 11.6. The fourth-order valence-corrected chi connectivity index (χ4v) is 2.91. The summed E-state index contributed by atoms with van der Waals surface area (Å²) in [6.45, 7) is 1.77. The van der Waals surface area contributed by atoms with Crippen LogP contribution in [0.15, 0.2) is 15.4 Å². The molecule has 2 rings (SSSR count). The van der Waals surface area contributed by atoms with Crippen LogP contribution >= 0.6 is 23.1 Å². The summed E-state index contributed by atoms with van der Waals surface area (Å²) in [4.78, 5) is 6.86. The van der Waals surface area contributed by atoms with E-state index >= 15 is 0 Å². The van der Waals surface area contributed by atoms with E-state index in [2.05, 4.69) is 25.5 Å². The van der Waals surface area contributed by atoms with Gasteiger partial charge in [-0.25, -0.2) is 9.97 Å². The number of hydrogen-bond donors (Lipinski definition) is 1. The lowest BCUT2D eigenvalue weighted by atomic mass is 10.5. The molecule has 1 N–H and O–H groups in total. The van der Waals surface area contributed by atoms with Crippen LogP contribution in [-0.4, -0.2) is 27.2 Å². The maximum absolute atomic E-state index is 12.6. The molecule has 0 unspecified atom stereocenters. The molecule has 0 saturated heterocycles. The van der Waals surface area contributed by atoms with E-state index < -0.39 is 12.0 Å². The lowest BCUT2D eigenvalue weighted by Crippen LogP contribution is -2.12. The van der Waals surface area contributed by atoms with E-state index in [-0.39, 0.29) is 10.8 Å². The Morgan fingerprint density at radius 2 is 2.00 bits per heavy atom. The van der Waals surface area contributed by atoms with Gasteiger partial charge in [-0.2, -0.15) is 13.2 Å². The molecule has 0 atom stereocenters. The predicted molar refractivity (Wildman–Crippen MR) is 65.3 cm³/mol. The van der Waals surface area contributed by atoms with Gasteiger partial charge in [0, 0.05) is 13.1 Å². The Kier molecular flexibility index (Phi) is 3.90. The highest BCUT2D eigenvalue weighted by atomic mass is 32.2. The van der Waals surface area contributed by atoms with Crippen LogP contribution in [0.4, 0.5) is 19.0 Å².